The van der Waals surface area contributed by atoms with Crippen molar-refractivity contribution in [2.45, 2.75) is 13.0 Å². The first-order valence-corrected chi connectivity index (χ1v) is 11.1. The third-order valence-electron chi connectivity index (χ3n) is 5.68. The van der Waals surface area contributed by atoms with Gasteiger partial charge in [0.2, 0.25) is 11.6 Å². The molecule has 8 heteroatoms. The molecule has 0 saturated carbocycles. The summed E-state index contributed by atoms with van der Waals surface area (Å²) < 4.78 is 0. The van der Waals surface area contributed by atoms with E-state index in [1.807, 2.05) is 97.9 Å². The van der Waals surface area contributed by atoms with Crippen LogP contribution in [-0.2, 0) is 0 Å². The molecule has 2 aromatic heterocycles. The molecule has 3 aromatic carbocycles. The number of fused-ring (bicyclic) bond motifs is 1. The first kappa shape index (κ1) is 22.0. The highest BCUT2D eigenvalue weighted by molar-refractivity contribution is 5.94. The quantitative estimate of drug-likeness (QED) is 0.219. The van der Waals surface area contributed by atoms with Crippen molar-refractivity contribution in [3.05, 3.63) is 124 Å². The van der Waals surface area contributed by atoms with Gasteiger partial charge in [-0.3, -0.25) is 15.1 Å². The highest BCUT2D eigenvalue weighted by Crippen LogP contribution is 2.36. The zero-order valence-corrected chi connectivity index (χ0v) is 18.9. The topological polar surface area (TPSA) is 106 Å². The first-order valence-electron chi connectivity index (χ1n) is 11.1. The predicted octanol–water partition coefficient (Wildman–Crippen LogP) is 6.19. The van der Waals surface area contributed by atoms with Gasteiger partial charge in [-0.15, -0.1) is 0 Å². The molecule has 35 heavy (non-hydrogen) atoms. The minimum absolute atomic E-state index is 0.0976. The fourth-order valence-electron chi connectivity index (χ4n) is 4.03. The van der Waals surface area contributed by atoms with E-state index in [0.717, 1.165) is 27.7 Å². The van der Waals surface area contributed by atoms with Crippen molar-refractivity contribution in [3.8, 4) is 0 Å². The summed E-state index contributed by atoms with van der Waals surface area (Å²) in [4.78, 5) is 24.8. The van der Waals surface area contributed by atoms with Crippen LogP contribution in [0, 0.1) is 17.0 Å². The maximum Gasteiger partial charge on any atom is 0.353 e. The molecule has 172 valence electrons. The summed E-state index contributed by atoms with van der Waals surface area (Å²) in [6, 6.07) is 28.6. The summed E-state index contributed by atoms with van der Waals surface area (Å²) in [5.74, 6) is 0.222. The third kappa shape index (κ3) is 4.63. The van der Waals surface area contributed by atoms with Gasteiger partial charge in [-0.25, -0.2) is 9.97 Å². The molecule has 2 heterocycles. The lowest BCUT2D eigenvalue weighted by Crippen LogP contribution is -2.15. The number of anilines is 3. The van der Waals surface area contributed by atoms with Crippen LogP contribution in [0.15, 0.2) is 97.3 Å². The van der Waals surface area contributed by atoms with Crippen LogP contribution in [0.2, 0.25) is 0 Å². The predicted molar refractivity (Wildman–Crippen MR) is 137 cm³/mol. The van der Waals surface area contributed by atoms with Gasteiger partial charge >= 0.3 is 5.69 Å². The number of aromatic nitrogens is 3. The Labute approximate surface area is 201 Å². The normalized spacial score (nSPS) is 10.9. The van der Waals surface area contributed by atoms with Crippen molar-refractivity contribution in [1.82, 2.24) is 15.0 Å². The van der Waals surface area contributed by atoms with E-state index in [0.29, 0.717) is 5.69 Å². The second-order valence-electron chi connectivity index (χ2n) is 8.03. The van der Waals surface area contributed by atoms with Crippen LogP contribution < -0.4 is 10.6 Å². The van der Waals surface area contributed by atoms with Gasteiger partial charge in [-0.05, 0) is 42.3 Å². The Morgan fingerprint density at radius 1 is 0.800 bits per heavy atom. The van der Waals surface area contributed by atoms with E-state index in [1.165, 1.54) is 6.33 Å². The van der Waals surface area contributed by atoms with Crippen molar-refractivity contribution in [1.29, 1.82) is 0 Å². The van der Waals surface area contributed by atoms with Crippen LogP contribution in [0.1, 0.15) is 22.9 Å². The lowest BCUT2D eigenvalue weighted by atomic mass is 9.99. The minimum atomic E-state index is -0.467. The molecule has 0 atom stereocenters. The Kier molecular flexibility index (Phi) is 6.00. The van der Waals surface area contributed by atoms with E-state index in [1.54, 1.807) is 0 Å². The van der Waals surface area contributed by atoms with Gasteiger partial charge in [0.1, 0.15) is 6.33 Å². The first-order chi connectivity index (χ1) is 17.1. The molecule has 0 bridgehead atoms. The van der Waals surface area contributed by atoms with Crippen molar-refractivity contribution in [2.75, 3.05) is 10.6 Å². The Bertz CT molecular complexity index is 1450. The number of aryl methyl sites for hydroxylation is 1. The van der Waals surface area contributed by atoms with Crippen LogP contribution >= 0.6 is 0 Å². The van der Waals surface area contributed by atoms with Crippen molar-refractivity contribution < 1.29 is 4.92 Å². The van der Waals surface area contributed by atoms with Crippen molar-refractivity contribution >= 4 is 33.9 Å². The van der Waals surface area contributed by atoms with Gasteiger partial charge in [0.15, 0.2) is 0 Å². The highest BCUT2D eigenvalue weighted by atomic mass is 16.6. The van der Waals surface area contributed by atoms with Gasteiger partial charge < -0.3 is 10.6 Å². The standard InChI is InChI=1S/C27H22N6O2/c1-18-15-16-21-22(30-18)13-8-14-23(21)31-26-25(33(34)35)27(29-17-28-26)32-24(19-9-4-2-5-10-19)20-11-6-3-7-12-20/h2-17,24H,1H3,(H2,28,29,31,32). The summed E-state index contributed by atoms with van der Waals surface area (Å²) in [5.41, 5.74) is 4.03. The fraction of sp³-hybridized carbons (Fsp3) is 0.0741. The highest BCUT2D eigenvalue weighted by Gasteiger charge is 2.26. The second kappa shape index (κ2) is 9.56. The molecule has 0 radical (unpaired) electrons. The molecule has 0 fully saturated rings. The molecule has 0 amide bonds. The fourth-order valence-corrected chi connectivity index (χ4v) is 4.03. The smallest absolute Gasteiger partial charge is 0.353 e. The van der Waals surface area contributed by atoms with Crippen molar-refractivity contribution in [2.24, 2.45) is 0 Å². The number of benzene rings is 3. The largest absolute Gasteiger partial charge is 0.353 e. The van der Waals surface area contributed by atoms with Crippen molar-refractivity contribution in [3.63, 3.8) is 0 Å². The van der Waals surface area contributed by atoms with Gasteiger partial charge in [-0.1, -0.05) is 66.7 Å². The molecule has 0 spiro atoms. The number of rotatable bonds is 7. The Balaban J connectivity index is 1.57. The minimum Gasteiger partial charge on any atom is -0.353 e. The van der Waals surface area contributed by atoms with Crippen LogP contribution in [0.25, 0.3) is 10.9 Å². The number of nitrogens with one attached hydrogen (secondary N) is 2. The molecular weight excluding hydrogens is 440 g/mol. The molecule has 5 aromatic rings. The number of hydrogen-bond donors (Lipinski definition) is 2. The van der Waals surface area contributed by atoms with Gasteiger partial charge in [0.05, 0.1) is 16.5 Å². The Morgan fingerprint density at radius 3 is 2.11 bits per heavy atom. The van der Waals surface area contributed by atoms with Crippen LogP contribution in [-0.4, -0.2) is 19.9 Å². The number of hydrogen-bond acceptors (Lipinski definition) is 7. The van der Waals surface area contributed by atoms with Crippen LogP contribution in [0.5, 0.6) is 0 Å². The lowest BCUT2D eigenvalue weighted by molar-refractivity contribution is -0.383. The van der Waals surface area contributed by atoms with E-state index in [4.69, 9.17) is 0 Å². The monoisotopic (exact) mass is 462 g/mol. The molecule has 2 N–H and O–H groups in total. The SMILES string of the molecule is Cc1ccc2c(Nc3ncnc(NC(c4ccccc4)c4ccccc4)c3[N+](=O)[O-])cccc2n1. The molecule has 0 unspecified atom stereocenters. The maximum atomic E-state index is 12.2. The maximum absolute atomic E-state index is 12.2. The molecule has 0 aliphatic rings. The zero-order chi connectivity index (χ0) is 24.2. The lowest BCUT2D eigenvalue weighted by Gasteiger charge is -2.21. The van der Waals surface area contributed by atoms with E-state index in [-0.39, 0.29) is 23.4 Å². The van der Waals surface area contributed by atoms with Crippen LogP contribution in [0.3, 0.4) is 0 Å². The summed E-state index contributed by atoms with van der Waals surface area (Å²) in [6.07, 6.45) is 1.32. The van der Waals surface area contributed by atoms with Crippen LogP contribution in [0.4, 0.5) is 23.0 Å². The molecular formula is C27H22N6O2. The average molecular weight is 463 g/mol. The number of pyridine rings is 1. The Hall–Kier alpha value is -4.85. The van der Waals surface area contributed by atoms with Gasteiger partial charge in [0.25, 0.3) is 0 Å². The zero-order valence-electron chi connectivity index (χ0n) is 18.9. The summed E-state index contributed by atoms with van der Waals surface area (Å²) in [5, 5.41) is 19.5. The third-order valence-corrected chi connectivity index (χ3v) is 5.68. The van der Waals surface area contributed by atoms with E-state index in [2.05, 4.69) is 25.6 Å². The Morgan fingerprint density at radius 2 is 1.46 bits per heavy atom. The number of nitro groups is 1. The van der Waals surface area contributed by atoms with E-state index < -0.39 is 4.92 Å². The molecule has 0 aliphatic heterocycles. The van der Waals surface area contributed by atoms with E-state index >= 15 is 0 Å². The molecule has 0 aliphatic carbocycles. The second-order valence-corrected chi connectivity index (χ2v) is 8.03. The molecule has 5 rings (SSSR count). The van der Waals surface area contributed by atoms with Gasteiger partial charge in [0, 0.05) is 16.8 Å². The summed E-state index contributed by atoms with van der Waals surface area (Å²) >= 11 is 0. The van der Waals surface area contributed by atoms with Gasteiger partial charge in [-0.2, -0.15) is 0 Å². The molecule has 8 nitrogen and oxygen atoms in total. The average Bonchev–Trinajstić information content (AvgIpc) is 2.88. The van der Waals surface area contributed by atoms with E-state index in [9.17, 15) is 10.1 Å². The summed E-state index contributed by atoms with van der Waals surface area (Å²) in [6.45, 7) is 1.92. The molecule has 0 saturated heterocycles. The number of nitrogens with zero attached hydrogens (tertiary/aromatic N) is 4. The summed E-state index contributed by atoms with van der Waals surface area (Å²) in [7, 11) is 0.